The van der Waals surface area contributed by atoms with E-state index in [0.29, 0.717) is 23.4 Å². The number of thioether (sulfide) groups is 1. The second kappa shape index (κ2) is 13.2. The highest BCUT2D eigenvalue weighted by Crippen LogP contribution is 2.27. The Labute approximate surface area is 217 Å². The predicted octanol–water partition coefficient (Wildman–Crippen LogP) is 4.88. The fraction of sp³-hybridized carbons (Fsp3) is 0.444. The standard InChI is InChI=1S/C27H37N3O5S/c1-7-30(25(33)22(15-16-36-6)29-26(34)35-27(3,4)5)23(19-12-10-13-20(31)17-19)24(32)28-21-14-9-8-11-18(21)2/h8-14,17,22-23,31H,7,15-16H2,1-6H3,(H,28,32)(H,29,34). The predicted molar refractivity (Wildman–Crippen MR) is 144 cm³/mol. The molecule has 0 aromatic heterocycles. The number of rotatable bonds is 10. The van der Waals surface area contributed by atoms with Gasteiger partial charge in [-0.1, -0.05) is 30.3 Å². The molecule has 2 atom stereocenters. The Kier molecular flexibility index (Phi) is 10.6. The largest absolute Gasteiger partial charge is 0.508 e. The third-order valence-electron chi connectivity index (χ3n) is 5.37. The molecule has 0 aliphatic carbocycles. The summed E-state index contributed by atoms with van der Waals surface area (Å²) in [5, 5.41) is 15.7. The summed E-state index contributed by atoms with van der Waals surface area (Å²) in [6.07, 6.45) is 1.58. The van der Waals surface area contributed by atoms with Gasteiger partial charge in [0.05, 0.1) is 0 Å². The van der Waals surface area contributed by atoms with E-state index in [0.717, 1.165) is 5.56 Å². The number of likely N-dealkylation sites (N-methyl/N-ethyl adjacent to an activating group) is 1. The number of aromatic hydroxyl groups is 1. The highest BCUT2D eigenvalue weighted by Gasteiger charge is 2.35. The molecule has 0 saturated carbocycles. The lowest BCUT2D eigenvalue weighted by Gasteiger charge is -2.34. The number of benzene rings is 2. The number of anilines is 1. The van der Waals surface area contributed by atoms with Crippen LogP contribution in [0.2, 0.25) is 0 Å². The fourth-order valence-corrected chi connectivity index (χ4v) is 4.16. The number of para-hydroxylation sites is 1. The zero-order chi connectivity index (χ0) is 26.9. The number of carbonyl (C=O) groups is 3. The van der Waals surface area contributed by atoms with Crippen molar-refractivity contribution < 1.29 is 24.2 Å². The van der Waals surface area contributed by atoms with Crippen LogP contribution in [-0.4, -0.2) is 58.1 Å². The number of nitrogens with one attached hydrogen (secondary N) is 2. The van der Waals surface area contributed by atoms with Gasteiger partial charge in [0.1, 0.15) is 23.4 Å². The van der Waals surface area contributed by atoms with Crippen molar-refractivity contribution in [2.24, 2.45) is 0 Å². The molecule has 8 nitrogen and oxygen atoms in total. The topological polar surface area (TPSA) is 108 Å². The van der Waals surface area contributed by atoms with Crippen LogP contribution >= 0.6 is 11.8 Å². The molecule has 0 saturated heterocycles. The molecule has 36 heavy (non-hydrogen) atoms. The molecular weight excluding hydrogens is 478 g/mol. The second-order valence-electron chi connectivity index (χ2n) is 9.41. The monoisotopic (exact) mass is 515 g/mol. The Hall–Kier alpha value is -3.20. The Morgan fingerprint density at radius 3 is 2.39 bits per heavy atom. The first kappa shape index (κ1) is 29.0. The van der Waals surface area contributed by atoms with Crippen LogP contribution in [0.1, 0.15) is 51.3 Å². The summed E-state index contributed by atoms with van der Waals surface area (Å²) in [7, 11) is 0. The van der Waals surface area contributed by atoms with Gasteiger partial charge in [-0.15, -0.1) is 0 Å². The average molecular weight is 516 g/mol. The van der Waals surface area contributed by atoms with Crippen molar-refractivity contribution in [3.05, 3.63) is 59.7 Å². The molecule has 0 bridgehead atoms. The van der Waals surface area contributed by atoms with E-state index in [1.807, 2.05) is 31.4 Å². The molecule has 2 aromatic carbocycles. The third-order valence-corrected chi connectivity index (χ3v) is 6.02. The molecule has 2 unspecified atom stereocenters. The zero-order valence-electron chi connectivity index (χ0n) is 21.8. The van der Waals surface area contributed by atoms with Gasteiger partial charge in [0.2, 0.25) is 5.91 Å². The summed E-state index contributed by atoms with van der Waals surface area (Å²) < 4.78 is 5.37. The van der Waals surface area contributed by atoms with E-state index >= 15 is 0 Å². The number of nitrogens with zero attached hydrogens (tertiary/aromatic N) is 1. The highest BCUT2D eigenvalue weighted by molar-refractivity contribution is 7.98. The maximum absolute atomic E-state index is 13.8. The van der Waals surface area contributed by atoms with Crippen molar-refractivity contribution in [2.75, 3.05) is 23.9 Å². The van der Waals surface area contributed by atoms with Gasteiger partial charge in [0.25, 0.3) is 5.91 Å². The van der Waals surface area contributed by atoms with Crippen molar-refractivity contribution in [3.63, 3.8) is 0 Å². The summed E-state index contributed by atoms with van der Waals surface area (Å²) in [6.45, 7) is 9.09. The Morgan fingerprint density at radius 1 is 1.11 bits per heavy atom. The number of aryl methyl sites for hydroxylation is 1. The van der Waals surface area contributed by atoms with Gasteiger partial charge in [-0.25, -0.2) is 4.79 Å². The average Bonchev–Trinajstić information content (AvgIpc) is 2.79. The molecule has 3 N–H and O–H groups in total. The van der Waals surface area contributed by atoms with Gasteiger partial charge in [0, 0.05) is 12.2 Å². The van der Waals surface area contributed by atoms with E-state index in [-0.39, 0.29) is 12.3 Å². The van der Waals surface area contributed by atoms with Crippen LogP contribution in [0.15, 0.2) is 48.5 Å². The molecule has 9 heteroatoms. The van der Waals surface area contributed by atoms with Crippen molar-refractivity contribution in [2.45, 2.75) is 58.7 Å². The first-order chi connectivity index (χ1) is 17.0. The number of phenolic OH excluding ortho intramolecular Hbond substituents is 1. The van der Waals surface area contributed by atoms with Crippen LogP contribution in [0.4, 0.5) is 10.5 Å². The second-order valence-corrected chi connectivity index (χ2v) is 10.4. The lowest BCUT2D eigenvalue weighted by atomic mass is 10.0. The Bertz CT molecular complexity index is 1050. The van der Waals surface area contributed by atoms with Gasteiger partial charge in [-0.3, -0.25) is 9.59 Å². The molecule has 0 aliphatic rings. The van der Waals surface area contributed by atoms with Gasteiger partial charge in [0.15, 0.2) is 0 Å². The van der Waals surface area contributed by atoms with Gasteiger partial charge >= 0.3 is 6.09 Å². The maximum atomic E-state index is 13.8. The highest BCUT2D eigenvalue weighted by atomic mass is 32.2. The Morgan fingerprint density at radius 2 is 1.81 bits per heavy atom. The minimum atomic E-state index is -1.04. The first-order valence-corrected chi connectivity index (χ1v) is 13.3. The molecule has 0 radical (unpaired) electrons. The fourth-order valence-electron chi connectivity index (χ4n) is 3.69. The maximum Gasteiger partial charge on any atom is 0.408 e. The Balaban J connectivity index is 2.43. The molecule has 0 spiro atoms. The summed E-state index contributed by atoms with van der Waals surface area (Å²) in [4.78, 5) is 41.4. The van der Waals surface area contributed by atoms with Crippen molar-refractivity contribution >= 4 is 35.4 Å². The van der Waals surface area contributed by atoms with E-state index in [4.69, 9.17) is 4.74 Å². The summed E-state index contributed by atoms with van der Waals surface area (Å²) in [5.41, 5.74) is 1.23. The van der Waals surface area contributed by atoms with Crippen LogP contribution in [0.3, 0.4) is 0 Å². The number of hydrogen-bond donors (Lipinski definition) is 3. The smallest absolute Gasteiger partial charge is 0.408 e. The minimum absolute atomic E-state index is 0.0180. The van der Waals surface area contributed by atoms with Crippen molar-refractivity contribution in [1.29, 1.82) is 0 Å². The van der Waals surface area contributed by atoms with E-state index in [9.17, 15) is 19.5 Å². The SMILES string of the molecule is CCN(C(=O)C(CCSC)NC(=O)OC(C)(C)C)C(C(=O)Nc1ccccc1C)c1cccc(O)c1. The quantitative estimate of drug-likeness (QED) is 0.416. The van der Waals surface area contributed by atoms with Crippen LogP contribution in [0.25, 0.3) is 0 Å². The number of phenols is 1. The molecule has 0 fully saturated rings. The van der Waals surface area contributed by atoms with Crippen molar-refractivity contribution in [1.82, 2.24) is 10.2 Å². The number of hydrogen-bond acceptors (Lipinski definition) is 6. The van der Waals surface area contributed by atoms with Gasteiger partial charge in [-0.2, -0.15) is 11.8 Å². The van der Waals surface area contributed by atoms with Gasteiger partial charge in [-0.05, 0) is 82.4 Å². The molecular formula is C27H37N3O5S. The van der Waals surface area contributed by atoms with E-state index in [1.165, 1.54) is 17.0 Å². The third kappa shape index (κ3) is 8.48. The number of amides is 3. The number of carbonyl (C=O) groups excluding carboxylic acids is 3. The lowest BCUT2D eigenvalue weighted by molar-refractivity contribution is -0.140. The first-order valence-electron chi connectivity index (χ1n) is 11.9. The zero-order valence-corrected chi connectivity index (χ0v) is 22.6. The summed E-state index contributed by atoms with van der Waals surface area (Å²) >= 11 is 1.55. The molecule has 0 aliphatic heterocycles. The van der Waals surface area contributed by atoms with Crippen molar-refractivity contribution in [3.8, 4) is 5.75 Å². The van der Waals surface area contributed by atoms with E-state index in [2.05, 4.69) is 10.6 Å². The van der Waals surface area contributed by atoms with Crippen LogP contribution in [-0.2, 0) is 14.3 Å². The summed E-state index contributed by atoms with van der Waals surface area (Å²) in [5.74, 6) is -0.233. The number of ether oxygens (including phenoxy) is 1. The van der Waals surface area contributed by atoms with E-state index in [1.54, 1.807) is 57.7 Å². The van der Waals surface area contributed by atoms with Crippen LogP contribution in [0, 0.1) is 6.92 Å². The normalized spacial score (nSPS) is 12.8. The summed E-state index contributed by atoms with van der Waals surface area (Å²) in [6, 6.07) is 11.7. The molecule has 2 aromatic rings. The van der Waals surface area contributed by atoms with E-state index < -0.39 is 35.6 Å². The molecule has 3 amide bonds. The lowest BCUT2D eigenvalue weighted by Crippen LogP contribution is -2.52. The number of alkyl carbamates (subject to hydrolysis) is 1. The van der Waals surface area contributed by atoms with Crippen LogP contribution < -0.4 is 10.6 Å². The molecule has 2 rings (SSSR count). The molecule has 196 valence electrons. The molecule has 0 heterocycles. The van der Waals surface area contributed by atoms with Crippen LogP contribution in [0.5, 0.6) is 5.75 Å². The van der Waals surface area contributed by atoms with Gasteiger partial charge < -0.3 is 25.4 Å². The minimum Gasteiger partial charge on any atom is -0.508 e.